The summed E-state index contributed by atoms with van der Waals surface area (Å²) in [6.45, 7) is 6.84. The van der Waals surface area contributed by atoms with Crippen molar-refractivity contribution in [1.82, 2.24) is 15.5 Å². The minimum Gasteiger partial charge on any atom is -0.497 e. The summed E-state index contributed by atoms with van der Waals surface area (Å²) in [4.78, 5) is 42.8. The number of hydrogen-bond acceptors (Lipinski definition) is 5. The zero-order valence-electron chi connectivity index (χ0n) is 21.0. The molecule has 2 N–H and O–H groups in total. The lowest BCUT2D eigenvalue weighted by atomic mass is 9.96. The maximum absolute atomic E-state index is 13.5. The van der Waals surface area contributed by atoms with Gasteiger partial charge in [-0.1, -0.05) is 12.1 Å². The first-order chi connectivity index (χ1) is 16.8. The van der Waals surface area contributed by atoms with Gasteiger partial charge in [-0.2, -0.15) is 0 Å². The minimum atomic E-state index is -0.371. The lowest BCUT2D eigenvalue weighted by molar-refractivity contribution is -0.120. The Balaban J connectivity index is 1.76. The van der Waals surface area contributed by atoms with Gasteiger partial charge in [0.1, 0.15) is 12.3 Å². The highest BCUT2D eigenvalue weighted by molar-refractivity contribution is 6.12. The predicted octanol–water partition coefficient (Wildman–Crippen LogP) is 2.94. The molecular weight excluding hydrogens is 444 g/mol. The van der Waals surface area contributed by atoms with Gasteiger partial charge in [0.05, 0.1) is 18.4 Å². The van der Waals surface area contributed by atoms with Crippen molar-refractivity contribution in [2.75, 3.05) is 45.2 Å². The van der Waals surface area contributed by atoms with Gasteiger partial charge in [-0.3, -0.25) is 19.3 Å². The first-order valence-electron chi connectivity index (χ1n) is 12.1. The first-order valence-corrected chi connectivity index (χ1v) is 12.1. The van der Waals surface area contributed by atoms with Crippen molar-refractivity contribution in [2.24, 2.45) is 5.92 Å². The van der Waals surface area contributed by atoms with E-state index in [2.05, 4.69) is 29.4 Å². The number of carbonyl (C=O) groups is 3. The van der Waals surface area contributed by atoms with E-state index in [0.717, 1.165) is 25.9 Å². The van der Waals surface area contributed by atoms with Crippen LogP contribution in [0, 0.1) is 5.92 Å². The standard InChI is InChI=1S/C27H36N4O4/c1-19(2)30-15-13-20(14-16-30)17-29-25(32)18-31(24-8-6-5-7-23(24)26(33)28-3)27(34)21-9-11-22(35-4)12-10-21/h5-12,19-20H,13-18H2,1-4H3,(H,28,33)(H,29,32). The second-order valence-corrected chi connectivity index (χ2v) is 9.09. The molecule has 0 aromatic heterocycles. The average molecular weight is 481 g/mol. The smallest absolute Gasteiger partial charge is 0.258 e. The van der Waals surface area contributed by atoms with Crippen LogP contribution in [-0.4, -0.2) is 69.0 Å². The number of piperidine rings is 1. The van der Waals surface area contributed by atoms with Crippen molar-refractivity contribution >= 4 is 23.4 Å². The molecule has 1 aliphatic rings. The SMILES string of the molecule is CNC(=O)c1ccccc1N(CC(=O)NCC1CCN(C(C)C)CC1)C(=O)c1ccc(OC)cc1. The number of nitrogens with one attached hydrogen (secondary N) is 2. The van der Waals surface area contributed by atoms with Gasteiger partial charge in [-0.15, -0.1) is 0 Å². The zero-order chi connectivity index (χ0) is 25.4. The molecule has 3 amide bonds. The second kappa shape index (κ2) is 12.4. The van der Waals surface area contributed by atoms with Crippen LogP contribution in [0.2, 0.25) is 0 Å². The normalized spacial score (nSPS) is 14.4. The summed E-state index contributed by atoms with van der Waals surface area (Å²) in [6, 6.07) is 14.0. The summed E-state index contributed by atoms with van der Waals surface area (Å²) in [5.41, 5.74) is 1.10. The van der Waals surface area contributed by atoms with Crippen LogP contribution in [-0.2, 0) is 4.79 Å². The van der Waals surface area contributed by atoms with E-state index in [-0.39, 0.29) is 24.3 Å². The van der Waals surface area contributed by atoms with E-state index in [0.29, 0.717) is 41.1 Å². The highest BCUT2D eigenvalue weighted by Gasteiger charge is 2.26. The van der Waals surface area contributed by atoms with E-state index in [1.54, 1.807) is 55.6 Å². The van der Waals surface area contributed by atoms with Crippen molar-refractivity contribution in [2.45, 2.75) is 32.7 Å². The molecule has 8 heteroatoms. The number of anilines is 1. The van der Waals surface area contributed by atoms with Crippen LogP contribution in [0.1, 0.15) is 47.4 Å². The van der Waals surface area contributed by atoms with Gasteiger partial charge in [0.2, 0.25) is 5.91 Å². The molecule has 3 rings (SSSR count). The largest absolute Gasteiger partial charge is 0.497 e. The summed E-state index contributed by atoms with van der Waals surface area (Å²) in [6.07, 6.45) is 2.07. The fourth-order valence-corrected chi connectivity index (χ4v) is 4.32. The number of carbonyl (C=O) groups excluding carboxylic acids is 3. The molecule has 0 spiro atoms. The van der Waals surface area contributed by atoms with Gasteiger partial charge < -0.3 is 20.3 Å². The lowest BCUT2D eigenvalue weighted by Gasteiger charge is -2.34. The predicted molar refractivity (Wildman–Crippen MR) is 137 cm³/mol. The van der Waals surface area contributed by atoms with Crippen LogP contribution in [0.25, 0.3) is 0 Å². The fraction of sp³-hybridized carbons (Fsp3) is 0.444. The van der Waals surface area contributed by atoms with E-state index in [1.165, 1.54) is 11.9 Å². The summed E-state index contributed by atoms with van der Waals surface area (Å²) in [7, 11) is 3.09. The highest BCUT2D eigenvalue weighted by Crippen LogP contribution is 2.24. The fourth-order valence-electron chi connectivity index (χ4n) is 4.32. The molecule has 1 aliphatic heterocycles. The summed E-state index contributed by atoms with van der Waals surface area (Å²) < 4.78 is 5.19. The third-order valence-electron chi connectivity index (χ3n) is 6.52. The molecule has 2 aromatic rings. The van der Waals surface area contributed by atoms with E-state index < -0.39 is 0 Å². The molecule has 188 valence electrons. The molecule has 0 saturated carbocycles. The summed E-state index contributed by atoms with van der Waals surface area (Å²) >= 11 is 0. The third kappa shape index (κ3) is 6.82. The Bertz CT molecular complexity index is 1010. The molecule has 0 radical (unpaired) electrons. The Morgan fingerprint density at radius 2 is 1.71 bits per heavy atom. The van der Waals surface area contributed by atoms with E-state index in [4.69, 9.17) is 4.74 Å². The van der Waals surface area contributed by atoms with Gasteiger partial charge in [0.25, 0.3) is 11.8 Å². The van der Waals surface area contributed by atoms with Gasteiger partial charge in [-0.05, 0) is 82.1 Å². The molecule has 8 nitrogen and oxygen atoms in total. The van der Waals surface area contributed by atoms with Crippen LogP contribution >= 0.6 is 0 Å². The number of nitrogens with zero attached hydrogens (tertiary/aromatic N) is 2. The van der Waals surface area contributed by atoms with Crippen molar-refractivity contribution in [3.63, 3.8) is 0 Å². The van der Waals surface area contributed by atoms with E-state index in [1.807, 2.05) is 0 Å². The molecule has 0 aliphatic carbocycles. The van der Waals surface area contributed by atoms with Crippen molar-refractivity contribution in [1.29, 1.82) is 0 Å². The number of benzene rings is 2. The number of ether oxygens (including phenoxy) is 1. The number of hydrogen-bond donors (Lipinski definition) is 2. The molecule has 0 unspecified atom stereocenters. The molecule has 2 aromatic carbocycles. The average Bonchev–Trinajstić information content (AvgIpc) is 2.90. The van der Waals surface area contributed by atoms with Crippen molar-refractivity contribution in [3.8, 4) is 5.75 Å². The zero-order valence-corrected chi connectivity index (χ0v) is 21.0. The molecule has 1 saturated heterocycles. The lowest BCUT2D eigenvalue weighted by Crippen LogP contribution is -2.45. The Hall–Kier alpha value is -3.39. The van der Waals surface area contributed by atoms with Gasteiger partial charge in [-0.25, -0.2) is 0 Å². The third-order valence-corrected chi connectivity index (χ3v) is 6.52. The van der Waals surface area contributed by atoms with E-state index >= 15 is 0 Å². The Morgan fingerprint density at radius 3 is 2.31 bits per heavy atom. The summed E-state index contributed by atoms with van der Waals surface area (Å²) in [5.74, 6) is 0.0812. The Kier molecular flexibility index (Phi) is 9.25. The quantitative estimate of drug-likeness (QED) is 0.576. The number of para-hydroxylation sites is 1. The van der Waals surface area contributed by atoms with Gasteiger partial charge in [0, 0.05) is 25.2 Å². The number of rotatable bonds is 9. The van der Waals surface area contributed by atoms with Crippen LogP contribution in [0.15, 0.2) is 48.5 Å². The maximum atomic E-state index is 13.5. The number of likely N-dealkylation sites (tertiary alicyclic amines) is 1. The molecule has 1 heterocycles. The molecular formula is C27H36N4O4. The van der Waals surface area contributed by atoms with E-state index in [9.17, 15) is 14.4 Å². The monoisotopic (exact) mass is 480 g/mol. The van der Waals surface area contributed by atoms with Crippen molar-refractivity contribution < 1.29 is 19.1 Å². The van der Waals surface area contributed by atoms with Crippen molar-refractivity contribution in [3.05, 3.63) is 59.7 Å². The van der Waals surface area contributed by atoms with Crippen LogP contribution in [0.3, 0.4) is 0 Å². The molecule has 0 bridgehead atoms. The second-order valence-electron chi connectivity index (χ2n) is 9.09. The van der Waals surface area contributed by atoms with Crippen LogP contribution in [0.4, 0.5) is 5.69 Å². The molecule has 1 fully saturated rings. The minimum absolute atomic E-state index is 0.191. The summed E-state index contributed by atoms with van der Waals surface area (Å²) in [5, 5.41) is 5.62. The van der Waals surface area contributed by atoms with Crippen LogP contribution in [0.5, 0.6) is 5.75 Å². The van der Waals surface area contributed by atoms with Gasteiger partial charge >= 0.3 is 0 Å². The Labute approximate surface area is 207 Å². The first kappa shape index (κ1) is 26.2. The maximum Gasteiger partial charge on any atom is 0.258 e. The highest BCUT2D eigenvalue weighted by atomic mass is 16.5. The van der Waals surface area contributed by atoms with Crippen LogP contribution < -0.4 is 20.3 Å². The topological polar surface area (TPSA) is 91.0 Å². The molecule has 0 atom stereocenters. The number of methoxy groups -OCH3 is 1. The molecule has 35 heavy (non-hydrogen) atoms. The Morgan fingerprint density at radius 1 is 1.06 bits per heavy atom. The van der Waals surface area contributed by atoms with Gasteiger partial charge in [0.15, 0.2) is 0 Å². The number of amides is 3.